The summed E-state index contributed by atoms with van der Waals surface area (Å²) in [5.41, 5.74) is 0.810. The Kier molecular flexibility index (Phi) is 5.68. The Morgan fingerprint density at radius 2 is 2.00 bits per heavy atom. The second kappa shape index (κ2) is 7.50. The molecule has 0 saturated carbocycles. The van der Waals surface area contributed by atoms with Crippen LogP contribution in [0.5, 0.6) is 11.5 Å². The third kappa shape index (κ3) is 4.12. The molecule has 112 valence electrons. The van der Waals surface area contributed by atoms with Crippen molar-refractivity contribution in [1.29, 1.82) is 0 Å². The highest BCUT2D eigenvalue weighted by Crippen LogP contribution is 2.29. The minimum atomic E-state index is -0.536. The third-order valence-corrected chi connectivity index (χ3v) is 3.78. The fourth-order valence-electron chi connectivity index (χ4n) is 2.58. The highest BCUT2D eigenvalue weighted by molar-refractivity contribution is 5.41. The monoisotopic (exact) mass is 279 g/mol. The van der Waals surface area contributed by atoms with Gasteiger partial charge in [-0.25, -0.2) is 0 Å². The van der Waals surface area contributed by atoms with E-state index in [2.05, 4.69) is 4.90 Å². The largest absolute Gasteiger partial charge is 0.497 e. The van der Waals surface area contributed by atoms with E-state index >= 15 is 0 Å². The zero-order valence-electron chi connectivity index (χ0n) is 12.5. The number of ether oxygens (including phenoxy) is 2. The van der Waals surface area contributed by atoms with E-state index in [1.807, 2.05) is 18.2 Å². The van der Waals surface area contributed by atoms with Crippen molar-refractivity contribution in [1.82, 2.24) is 4.90 Å². The van der Waals surface area contributed by atoms with Crippen LogP contribution in [0.1, 0.15) is 37.9 Å². The molecule has 0 amide bonds. The molecule has 0 aliphatic carbocycles. The average Bonchev–Trinajstić information content (AvgIpc) is 2.48. The fraction of sp³-hybridized carbons (Fsp3) is 0.625. The molecule has 0 spiro atoms. The van der Waals surface area contributed by atoms with Crippen molar-refractivity contribution in [3.63, 3.8) is 0 Å². The minimum absolute atomic E-state index is 0.536. The molecule has 1 fully saturated rings. The van der Waals surface area contributed by atoms with Gasteiger partial charge in [-0.2, -0.15) is 0 Å². The molecular formula is C16H25NO3. The van der Waals surface area contributed by atoms with E-state index in [-0.39, 0.29) is 0 Å². The van der Waals surface area contributed by atoms with Gasteiger partial charge in [0.2, 0.25) is 0 Å². The van der Waals surface area contributed by atoms with Crippen LogP contribution in [0.3, 0.4) is 0 Å². The molecule has 0 bridgehead atoms. The smallest absolute Gasteiger partial charge is 0.128 e. The summed E-state index contributed by atoms with van der Waals surface area (Å²) in [4.78, 5) is 2.44. The van der Waals surface area contributed by atoms with Gasteiger partial charge in [0.1, 0.15) is 18.1 Å². The predicted molar refractivity (Wildman–Crippen MR) is 79.4 cm³/mol. The van der Waals surface area contributed by atoms with Gasteiger partial charge in [-0.1, -0.05) is 6.42 Å². The van der Waals surface area contributed by atoms with Gasteiger partial charge in [0, 0.05) is 18.2 Å². The summed E-state index contributed by atoms with van der Waals surface area (Å²) in [6, 6.07) is 5.55. The molecule has 20 heavy (non-hydrogen) atoms. The van der Waals surface area contributed by atoms with Crippen molar-refractivity contribution in [3.8, 4) is 11.5 Å². The van der Waals surface area contributed by atoms with Crippen LogP contribution in [-0.2, 0) is 0 Å². The second-order valence-corrected chi connectivity index (χ2v) is 5.33. The summed E-state index contributed by atoms with van der Waals surface area (Å²) in [6.07, 6.45) is 3.39. The molecule has 1 saturated heterocycles. The van der Waals surface area contributed by atoms with Crippen LogP contribution in [0.15, 0.2) is 18.2 Å². The van der Waals surface area contributed by atoms with Gasteiger partial charge in [-0.05, 0) is 45.0 Å². The number of nitrogens with zero attached hydrogens (tertiary/aromatic N) is 1. The molecule has 0 aromatic heterocycles. The zero-order chi connectivity index (χ0) is 14.4. The van der Waals surface area contributed by atoms with Gasteiger partial charge < -0.3 is 14.6 Å². The highest BCUT2D eigenvalue weighted by Gasteiger charge is 2.13. The highest BCUT2D eigenvalue weighted by atomic mass is 16.5. The summed E-state index contributed by atoms with van der Waals surface area (Å²) in [5.74, 6) is 1.47. The van der Waals surface area contributed by atoms with Crippen LogP contribution in [0, 0.1) is 0 Å². The van der Waals surface area contributed by atoms with Crippen LogP contribution in [-0.4, -0.2) is 43.4 Å². The minimum Gasteiger partial charge on any atom is -0.497 e. The van der Waals surface area contributed by atoms with Crippen LogP contribution in [0.4, 0.5) is 0 Å². The first-order valence-corrected chi connectivity index (χ1v) is 7.42. The van der Waals surface area contributed by atoms with Crippen molar-refractivity contribution in [3.05, 3.63) is 23.8 Å². The predicted octanol–water partition coefficient (Wildman–Crippen LogP) is 2.61. The average molecular weight is 279 g/mol. The summed E-state index contributed by atoms with van der Waals surface area (Å²) >= 11 is 0. The molecule has 1 aliphatic heterocycles. The number of rotatable bonds is 6. The lowest BCUT2D eigenvalue weighted by Gasteiger charge is -2.26. The fourth-order valence-corrected chi connectivity index (χ4v) is 2.58. The molecule has 1 aromatic rings. The first-order valence-electron chi connectivity index (χ1n) is 7.42. The number of hydrogen-bond acceptors (Lipinski definition) is 4. The molecule has 1 heterocycles. The van der Waals surface area contributed by atoms with E-state index < -0.39 is 6.10 Å². The van der Waals surface area contributed by atoms with Crippen molar-refractivity contribution >= 4 is 0 Å². The van der Waals surface area contributed by atoms with Crippen LogP contribution in [0.25, 0.3) is 0 Å². The lowest BCUT2D eigenvalue weighted by Crippen LogP contribution is -2.33. The van der Waals surface area contributed by atoms with Gasteiger partial charge in [0.15, 0.2) is 0 Å². The third-order valence-electron chi connectivity index (χ3n) is 3.78. The summed E-state index contributed by atoms with van der Waals surface area (Å²) in [7, 11) is 1.63. The maximum absolute atomic E-state index is 9.78. The number of aliphatic hydroxyl groups excluding tert-OH is 1. The summed E-state index contributed by atoms with van der Waals surface area (Å²) < 4.78 is 11.1. The Morgan fingerprint density at radius 3 is 2.65 bits per heavy atom. The van der Waals surface area contributed by atoms with E-state index in [0.29, 0.717) is 6.61 Å². The first kappa shape index (κ1) is 15.1. The molecule has 4 heteroatoms. The number of aliphatic hydroxyl groups is 1. The number of piperidine rings is 1. The maximum atomic E-state index is 9.78. The Morgan fingerprint density at radius 1 is 1.25 bits per heavy atom. The molecule has 2 rings (SSSR count). The normalized spacial score (nSPS) is 17.8. The Balaban J connectivity index is 1.92. The molecule has 1 aromatic carbocycles. The lowest BCUT2D eigenvalue weighted by atomic mass is 10.1. The standard InChI is InChI=1S/C16H25NO3/c1-13(18)15-7-6-14(19-2)12-16(15)20-11-10-17-8-4-3-5-9-17/h6-7,12-13,18H,3-5,8-11H2,1-2H3. The van der Waals surface area contributed by atoms with Crippen molar-refractivity contribution in [2.24, 2.45) is 0 Å². The van der Waals surface area contributed by atoms with Crippen LogP contribution >= 0.6 is 0 Å². The van der Waals surface area contributed by atoms with E-state index in [1.165, 1.54) is 32.4 Å². The van der Waals surface area contributed by atoms with Gasteiger partial charge in [0.05, 0.1) is 13.2 Å². The topological polar surface area (TPSA) is 41.9 Å². The van der Waals surface area contributed by atoms with Gasteiger partial charge >= 0.3 is 0 Å². The maximum Gasteiger partial charge on any atom is 0.128 e. The van der Waals surface area contributed by atoms with Crippen molar-refractivity contribution in [2.75, 3.05) is 33.4 Å². The Bertz CT molecular complexity index is 414. The molecule has 1 aliphatic rings. The van der Waals surface area contributed by atoms with Crippen LogP contribution < -0.4 is 9.47 Å². The Labute approximate surface area is 121 Å². The second-order valence-electron chi connectivity index (χ2n) is 5.33. The first-order chi connectivity index (χ1) is 9.70. The van der Waals surface area contributed by atoms with E-state index in [9.17, 15) is 5.11 Å². The van der Waals surface area contributed by atoms with E-state index in [0.717, 1.165) is 23.6 Å². The number of likely N-dealkylation sites (tertiary alicyclic amines) is 1. The van der Waals surface area contributed by atoms with Crippen molar-refractivity contribution in [2.45, 2.75) is 32.3 Å². The summed E-state index contributed by atoms with van der Waals surface area (Å²) in [6.45, 7) is 5.68. The van der Waals surface area contributed by atoms with E-state index in [4.69, 9.17) is 9.47 Å². The molecule has 4 nitrogen and oxygen atoms in total. The zero-order valence-corrected chi connectivity index (χ0v) is 12.5. The van der Waals surface area contributed by atoms with Gasteiger partial charge in [-0.15, -0.1) is 0 Å². The number of methoxy groups -OCH3 is 1. The molecule has 0 radical (unpaired) electrons. The Hall–Kier alpha value is -1.26. The van der Waals surface area contributed by atoms with Crippen LogP contribution in [0.2, 0.25) is 0 Å². The molecule has 1 unspecified atom stereocenters. The quantitative estimate of drug-likeness (QED) is 0.869. The summed E-state index contributed by atoms with van der Waals surface area (Å²) in [5, 5.41) is 9.78. The van der Waals surface area contributed by atoms with Crippen molar-refractivity contribution < 1.29 is 14.6 Å². The SMILES string of the molecule is COc1ccc(C(C)O)c(OCCN2CCCCC2)c1. The molecule has 1 atom stereocenters. The molecule has 1 N–H and O–H groups in total. The van der Waals surface area contributed by atoms with E-state index in [1.54, 1.807) is 14.0 Å². The van der Waals surface area contributed by atoms with Gasteiger partial charge in [-0.3, -0.25) is 4.90 Å². The lowest BCUT2D eigenvalue weighted by molar-refractivity contribution is 0.171. The van der Waals surface area contributed by atoms with Gasteiger partial charge in [0.25, 0.3) is 0 Å². The number of hydrogen-bond donors (Lipinski definition) is 1. The molecular weight excluding hydrogens is 254 g/mol. The number of benzene rings is 1.